The first-order valence-corrected chi connectivity index (χ1v) is 6.32. The van der Waals surface area contributed by atoms with Crippen LogP contribution in [0.3, 0.4) is 0 Å². The van der Waals surface area contributed by atoms with E-state index in [2.05, 4.69) is 17.1 Å². The molecule has 0 unspecified atom stereocenters. The Morgan fingerprint density at radius 2 is 2.29 bits per heavy atom. The Morgan fingerprint density at radius 1 is 1.47 bits per heavy atom. The lowest BCUT2D eigenvalue weighted by Gasteiger charge is -1.97. The van der Waals surface area contributed by atoms with E-state index in [-0.39, 0.29) is 5.69 Å². The van der Waals surface area contributed by atoms with Crippen molar-refractivity contribution in [2.45, 2.75) is 12.7 Å². The maximum absolute atomic E-state index is 13.3. The number of hydrogen-bond acceptors (Lipinski definition) is 5. The van der Waals surface area contributed by atoms with E-state index in [4.69, 9.17) is 10.3 Å². The Hall–Kier alpha value is -1.56. The fourth-order valence-corrected chi connectivity index (χ4v) is 1.79. The first kappa shape index (κ1) is 11.9. The van der Waals surface area contributed by atoms with Gasteiger partial charge < -0.3 is 10.3 Å². The molecule has 2 rings (SSSR count). The summed E-state index contributed by atoms with van der Waals surface area (Å²) in [6, 6.07) is 4.43. The third kappa shape index (κ3) is 2.76. The third-order valence-corrected chi connectivity index (χ3v) is 3.02. The molecule has 0 saturated carbocycles. The molecule has 0 aliphatic heterocycles. The molecule has 2 aromatic rings. The van der Waals surface area contributed by atoms with Crippen LogP contribution in [-0.2, 0) is 5.75 Å². The minimum absolute atomic E-state index is 0.107. The lowest BCUT2D eigenvalue weighted by Crippen LogP contribution is -1.90. The zero-order valence-corrected chi connectivity index (χ0v) is 10.1. The fourth-order valence-electron chi connectivity index (χ4n) is 1.28. The van der Waals surface area contributed by atoms with Gasteiger partial charge in [0.2, 0.25) is 0 Å². The second-order valence-electron chi connectivity index (χ2n) is 3.39. The number of hydrogen-bond donors (Lipinski definition) is 1. The standard InChI is InChI=1S/C11H12FN3OS/c1-2-17-6-10-14-11(16-15-10)7-3-4-9(13)8(12)5-7/h3-5H,2,6,13H2,1H3. The van der Waals surface area contributed by atoms with Crippen molar-refractivity contribution in [2.24, 2.45) is 0 Å². The highest BCUT2D eigenvalue weighted by molar-refractivity contribution is 7.98. The highest BCUT2D eigenvalue weighted by atomic mass is 32.2. The van der Waals surface area contributed by atoms with Gasteiger partial charge in [-0.1, -0.05) is 12.1 Å². The smallest absolute Gasteiger partial charge is 0.258 e. The number of aromatic nitrogens is 2. The van der Waals surface area contributed by atoms with Gasteiger partial charge in [0.05, 0.1) is 11.4 Å². The van der Waals surface area contributed by atoms with Gasteiger partial charge in [-0.2, -0.15) is 16.7 Å². The number of nitrogen functional groups attached to an aromatic ring is 1. The number of rotatable bonds is 4. The summed E-state index contributed by atoms with van der Waals surface area (Å²) < 4.78 is 18.3. The SMILES string of the molecule is CCSCc1noc(-c2ccc(N)c(F)c2)n1. The molecule has 0 aliphatic rings. The van der Waals surface area contributed by atoms with Crippen LogP contribution < -0.4 is 5.73 Å². The van der Waals surface area contributed by atoms with Crippen molar-refractivity contribution >= 4 is 17.4 Å². The molecule has 1 aromatic carbocycles. The van der Waals surface area contributed by atoms with Gasteiger partial charge in [0.15, 0.2) is 5.82 Å². The molecule has 6 heteroatoms. The first-order chi connectivity index (χ1) is 8.20. The Morgan fingerprint density at radius 3 is 3.00 bits per heavy atom. The molecule has 0 fully saturated rings. The Bertz CT molecular complexity index is 515. The molecule has 17 heavy (non-hydrogen) atoms. The molecule has 0 aliphatic carbocycles. The number of halogens is 1. The van der Waals surface area contributed by atoms with Crippen molar-refractivity contribution in [2.75, 3.05) is 11.5 Å². The van der Waals surface area contributed by atoms with E-state index in [0.717, 1.165) is 5.75 Å². The van der Waals surface area contributed by atoms with Crippen molar-refractivity contribution < 1.29 is 8.91 Å². The summed E-state index contributed by atoms with van der Waals surface area (Å²) in [6.07, 6.45) is 0. The summed E-state index contributed by atoms with van der Waals surface area (Å²) in [6.45, 7) is 2.06. The Labute approximate surface area is 102 Å². The lowest BCUT2D eigenvalue weighted by atomic mass is 10.2. The van der Waals surface area contributed by atoms with Gasteiger partial charge in [0.1, 0.15) is 5.82 Å². The molecule has 0 spiro atoms. The normalized spacial score (nSPS) is 10.7. The highest BCUT2D eigenvalue weighted by Gasteiger charge is 2.10. The van der Waals surface area contributed by atoms with E-state index >= 15 is 0 Å². The predicted octanol–water partition coefficient (Wildman–Crippen LogP) is 2.71. The van der Waals surface area contributed by atoms with Gasteiger partial charge in [-0.15, -0.1) is 0 Å². The molecule has 0 bridgehead atoms. The van der Waals surface area contributed by atoms with Gasteiger partial charge in [-0.05, 0) is 24.0 Å². The average Bonchev–Trinajstić information content (AvgIpc) is 2.79. The molecule has 0 radical (unpaired) electrons. The second kappa shape index (κ2) is 5.18. The van der Waals surface area contributed by atoms with Crippen LogP contribution in [-0.4, -0.2) is 15.9 Å². The van der Waals surface area contributed by atoms with Crippen molar-refractivity contribution in [1.82, 2.24) is 10.1 Å². The number of nitrogens with zero attached hydrogens (tertiary/aromatic N) is 2. The third-order valence-electron chi connectivity index (χ3n) is 2.15. The van der Waals surface area contributed by atoms with Crippen molar-refractivity contribution in [3.8, 4) is 11.5 Å². The van der Waals surface area contributed by atoms with E-state index in [9.17, 15) is 4.39 Å². The Kier molecular flexibility index (Phi) is 3.63. The molecule has 1 aromatic heterocycles. The second-order valence-corrected chi connectivity index (χ2v) is 4.66. The minimum Gasteiger partial charge on any atom is -0.396 e. The van der Waals surface area contributed by atoms with Crippen LogP contribution in [0.1, 0.15) is 12.7 Å². The van der Waals surface area contributed by atoms with Gasteiger partial charge in [-0.25, -0.2) is 4.39 Å². The molecule has 2 N–H and O–H groups in total. The number of thioether (sulfide) groups is 1. The molecule has 90 valence electrons. The van der Waals surface area contributed by atoms with Crippen LogP contribution in [0.2, 0.25) is 0 Å². The quantitative estimate of drug-likeness (QED) is 0.849. The van der Waals surface area contributed by atoms with Crippen LogP contribution in [0.4, 0.5) is 10.1 Å². The van der Waals surface area contributed by atoms with Gasteiger partial charge in [0, 0.05) is 5.56 Å². The van der Waals surface area contributed by atoms with Gasteiger partial charge >= 0.3 is 0 Å². The summed E-state index contributed by atoms with van der Waals surface area (Å²) in [7, 11) is 0. The highest BCUT2D eigenvalue weighted by Crippen LogP contribution is 2.22. The summed E-state index contributed by atoms with van der Waals surface area (Å²) in [4.78, 5) is 4.18. The topological polar surface area (TPSA) is 64.9 Å². The molecule has 0 atom stereocenters. The summed E-state index contributed by atoms with van der Waals surface area (Å²) in [5.41, 5.74) is 6.04. The maximum Gasteiger partial charge on any atom is 0.258 e. The monoisotopic (exact) mass is 253 g/mol. The molecular formula is C11H12FN3OS. The lowest BCUT2D eigenvalue weighted by molar-refractivity contribution is 0.425. The maximum atomic E-state index is 13.3. The zero-order valence-electron chi connectivity index (χ0n) is 9.31. The zero-order chi connectivity index (χ0) is 12.3. The average molecular weight is 253 g/mol. The van der Waals surface area contributed by atoms with Gasteiger partial charge in [-0.3, -0.25) is 0 Å². The fraction of sp³-hybridized carbons (Fsp3) is 0.273. The molecule has 0 saturated heterocycles. The largest absolute Gasteiger partial charge is 0.396 e. The summed E-state index contributed by atoms with van der Waals surface area (Å²) in [5.74, 6) is 2.13. The van der Waals surface area contributed by atoms with E-state index in [1.54, 1.807) is 17.8 Å². The van der Waals surface area contributed by atoms with E-state index < -0.39 is 5.82 Å². The van der Waals surface area contributed by atoms with E-state index in [0.29, 0.717) is 23.0 Å². The summed E-state index contributed by atoms with van der Waals surface area (Å²) in [5, 5.41) is 3.82. The van der Waals surface area contributed by atoms with Crippen molar-refractivity contribution in [1.29, 1.82) is 0 Å². The van der Waals surface area contributed by atoms with Crippen LogP contribution in [0, 0.1) is 5.82 Å². The molecule has 4 nitrogen and oxygen atoms in total. The number of anilines is 1. The molecule has 1 heterocycles. The molecule has 0 amide bonds. The van der Waals surface area contributed by atoms with E-state index in [1.807, 2.05) is 0 Å². The van der Waals surface area contributed by atoms with Gasteiger partial charge in [0.25, 0.3) is 5.89 Å². The van der Waals surface area contributed by atoms with Crippen LogP contribution in [0.5, 0.6) is 0 Å². The minimum atomic E-state index is -0.481. The van der Waals surface area contributed by atoms with Crippen LogP contribution >= 0.6 is 11.8 Å². The Balaban J connectivity index is 2.21. The number of benzene rings is 1. The van der Waals surface area contributed by atoms with Crippen molar-refractivity contribution in [3.05, 3.63) is 29.8 Å². The molecular weight excluding hydrogens is 241 g/mol. The number of nitrogens with two attached hydrogens (primary N) is 1. The first-order valence-electron chi connectivity index (χ1n) is 5.16. The predicted molar refractivity (Wildman–Crippen MR) is 65.9 cm³/mol. The van der Waals surface area contributed by atoms with Crippen LogP contribution in [0.25, 0.3) is 11.5 Å². The summed E-state index contributed by atoms with van der Waals surface area (Å²) >= 11 is 1.70. The van der Waals surface area contributed by atoms with Crippen LogP contribution in [0.15, 0.2) is 22.7 Å². The van der Waals surface area contributed by atoms with Crippen molar-refractivity contribution in [3.63, 3.8) is 0 Å². The van der Waals surface area contributed by atoms with E-state index in [1.165, 1.54) is 12.1 Å².